The lowest BCUT2D eigenvalue weighted by Gasteiger charge is -2.27. The van der Waals surface area contributed by atoms with Gasteiger partial charge in [-0.25, -0.2) is 0 Å². The first-order valence-corrected chi connectivity index (χ1v) is 7.16. The molecule has 1 aromatic carbocycles. The second kappa shape index (κ2) is 6.27. The van der Waals surface area contributed by atoms with Gasteiger partial charge in [0.15, 0.2) is 0 Å². The van der Waals surface area contributed by atoms with Crippen molar-refractivity contribution in [3.8, 4) is 0 Å². The third-order valence-corrected chi connectivity index (χ3v) is 4.10. The van der Waals surface area contributed by atoms with Crippen LogP contribution in [0.25, 0.3) is 0 Å². The summed E-state index contributed by atoms with van der Waals surface area (Å²) < 4.78 is 0. The zero-order valence-electron chi connectivity index (χ0n) is 11.4. The molecule has 0 aromatic heterocycles. The molecule has 0 heterocycles. The minimum Gasteiger partial charge on any atom is -0.481 e. The van der Waals surface area contributed by atoms with Crippen LogP contribution in [0.4, 0.5) is 5.69 Å². The minimum absolute atomic E-state index is 0.206. The van der Waals surface area contributed by atoms with Crippen molar-refractivity contribution in [2.75, 3.05) is 5.32 Å². The number of rotatable bonds is 3. The van der Waals surface area contributed by atoms with E-state index in [0.29, 0.717) is 23.6 Å². The van der Waals surface area contributed by atoms with Crippen LogP contribution in [0.3, 0.4) is 0 Å². The van der Waals surface area contributed by atoms with Crippen molar-refractivity contribution in [3.05, 3.63) is 28.8 Å². The van der Waals surface area contributed by atoms with Crippen molar-refractivity contribution < 1.29 is 14.7 Å². The van der Waals surface area contributed by atoms with E-state index >= 15 is 0 Å². The Morgan fingerprint density at radius 1 is 1.25 bits per heavy atom. The predicted molar refractivity (Wildman–Crippen MR) is 77.9 cm³/mol. The van der Waals surface area contributed by atoms with Crippen LogP contribution < -0.4 is 5.32 Å². The van der Waals surface area contributed by atoms with Gasteiger partial charge in [-0.15, -0.1) is 0 Å². The van der Waals surface area contributed by atoms with Crippen LogP contribution in [0.2, 0.25) is 5.02 Å². The summed E-state index contributed by atoms with van der Waals surface area (Å²) in [4.78, 5) is 23.5. The molecule has 2 N–H and O–H groups in total. The minimum atomic E-state index is -0.877. The second-order valence-corrected chi connectivity index (χ2v) is 5.72. The van der Waals surface area contributed by atoms with Gasteiger partial charge in [-0.3, -0.25) is 9.59 Å². The number of amides is 1. The Bertz CT molecular complexity index is 530. The number of carboxylic acid groups (broad SMARTS) is 1. The lowest BCUT2D eigenvalue weighted by Crippen LogP contribution is -2.36. The van der Waals surface area contributed by atoms with Crippen molar-refractivity contribution in [2.45, 2.75) is 32.6 Å². The Balaban J connectivity index is 2.12. The molecule has 2 unspecified atom stereocenters. The number of halogens is 1. The van der Waals surface area contributed by atoms with Crippen LogP contribution in [-0.2, 0) is 9.59 Å². The number of aryl methyl sites for hydroxylation is 1. The highest BCUT2D eigenvalue weighted by atomic mass is 35.5. The van der Waals surface area contributed by atoms with Crippen molar-refractivity contribution in [1.82, 2.24) is 0 Å². The summed E-state index contributed by atoms with van der Waals surface area (Å²) in [7, 11) is 0. The molecule has 0 bridgehead atoms. The SMILES string of the molecule is Cc1cc(Cl)ccc1NC(=O)C1CCCCC1C(=O)O. The fourth-order valence-electron chi connectivity index (χ4n) is 2.73. The highest BCUT2D eigenvalue weighted by molar-refractivity contribution is 6.30. The normalized spacial score (nSPS) is 22.3. The van der Waals surface area contributed by atoms with Crippen LogP contribution in [-0.4, -0.2) is 17.0 Å². The molecule has 108 valence electrons. The molecule has 1 aliphatic rings. The summed E-state index contributed by atoms with van der Waals surface area (Å²) in [6.07, 6.45) is 2.99. The fourth-order valence-corrected chi connectivity index (χ4v) is 2.96. The average Bonchev–Trinajstić information content (AvgIpc) is 2.41. The summed E-state index contributed by atoms with van der Waals surface area (Å²) in [6, 6.07) is 5.22. The quantitative estimate of drug-likeness (QED) is 0.897. The maximum atomic E-state index is 12.3. The summed E-state index contributed by atoms with van der Waals surface area (Å²) in [5.41, 5.74) is 1.56. The molecule has 1 aromatic rings. The Labute approximate surface area is 123 Å². The van der Waals surface area contributed by atoms with E-state index < -0.39 is 17.8 Å². The number of carboxylic acids is 1. The number of anilines is 1. The van der Waals surface area contributed by atoms with Crippen molar-refractivity contribution in [2.24, 2.45) is 11.8 Å². The van der Waals surface area contributed by atoms with Gasteiger partial charge in [0.25, 0.3) is 0 Å². The van der Waals surface area contributed by atoms with Gasteiger partial charge in [-0.1, -0.05) is 24.4 Å². The Morgan fingerprint density at radius 2 is 1.90 bits per heavy atom. The number of carbonyl (C=O) groups is 2. The first-order chi connectivity index (χ1) is 9.49. The summed E-state index contributed by atoms with van der Waals surface area (Å²) in [6.45, 7) is 1.86. The lowest BCUT2D eigenvalue weighted by atomic mass is 9.78. The number of hydrogen-bond acceptors (Lipinski definition) is 2. The van der Waals surface area contributed by atoms with Gasteiger partial charge in [0, 0.05) is 10.7 Å². The molecular formula is C15H18ClNO3. The molecule has 1 aliphatic carbocycles. The maximum Gasteiger partial charge on any atom is 0.307 e. The standard InChI is InChI=1S/C15H18ClNO3/c1-9-8-10(16)6-7-13(9)17-14(18)11-4-2-3-5-12(11)15(19)20/h6-8,11-12H,2-5H2,1H3,(H,17,18)(H,19,20). The van der Waals surface area contributed by atoms with E-state index in [-0.39, 0.29) is 5.91 Å². The van der Waals surface area contributed by atoms with Crippen LogP contribution in [0.5, 0.6) is 0 Å². The largest absolute Gasteiger partial charge is 0.481 e. The highest BCUT2D eigenvalue weighted by Gasteiger charge is 2.35. The summed E-state index contributed by atoms with van der Waals surface area (Å²) >= 11 is 5.88. The molecule has 20 heavy (non-hydrogen) atoms. The third-order valence-electron chi connectivity index (χ3n) is 3.87. The van der Waals surface area contributed by atoms with Gasteiger partial charge >= 0.3 is 5.97 Å². The number of hydrogen-bond donors (Lipinski definition) is 2. The molecule has 2 rings (SSSR count). The van der Waals surface area contributed by atoms with Crippen LogP contribution >= 0.6 is 11.6 Å². The lowest BCUT2D eigenvalue weighted by molar-refractivity contribution is -0.147. The predicted octanol–water partition coefficient (Wildman–Crippen LogP) is 3.48. The van der Waals surface area contributed by atoms with E-state index in [1.54, 1.807) is 18.2 Å². The number of benzene rings is 1. The second-order valence-electron chi connectivity index (χ2n) is 5.28. The number of aliphatic carboxylic acids is 1. The molecule has 0 aliphatic heterocycles. The van der Waals surface area contributed by atoms with Gasteiger partial charge in [0.2, 0.25) is 5.91 Å². The highest BCUT2D eigenvalue weighted by Crippen LogP contribution is 2.31. The van der Waals surface area contributed by atoms with Gasteiger partial charge < -0.3 is 10.4 Å². The average molecular weight is 296 g/mol. The smallest absolute Gasteiger partial charge is 0.307 e. The molecule has 2 atom stereocenters. The maximum absolute atomic E-state index is 12.3. The molecule has 1 amide bonds. The molecule has 0 spiro atoms. The monoisotopic (exact) mass is 295 g/mol. The summed E-state index contributed by atoms with van der Waals surface area (Å²) in [5.74, 6) is -2.10. The van der Waals surface area contributed by atoms with Crippen molar-refractivity contribution in [3.63, 3.8) is 0 Å². The molecule has 0 radical (unpaired) electrons. The Morgan fingerprint density at radius 3 is 2.50 bits per heavy atom. The number of nitrogens with one attached hydrogen (secondary N) is 1. The van der Waals surface area contributed by atoms with Crippen LogP contribution in [0.15, 0.2) is 18.2 Å². The third kappa shape index (κ3) is 3.31. The zero-order chi connectivity index (χ0) is 14.7. The van der Waals surface area contributed by atoms with Crippen LogP contribution in [0, 0.1) is 18.8 Å². The van der Waals surface area contributed by atoms with Gasteiger partial charge in [0.1, 0.15) is 0 Å². The molecular weight excluding hydrogens is 278 g/mol. The van der Waals surface area contributed by atoms with E-state index in [1.165, 1.54) is 0 Å². The summed E-state index contributed by atoms with van der Waals surface area (Å²) in [5, 5.41) is 12.7. The number of carbonyl (C=O) groups excluding carboxylic acids is 1. The van der Waals surface area contributed by atoms with E-state index in [0.717, 1.165) is 18.4 Å². The topological polar surface area (TPSA) is 66.4 Å². The fraction of sp³-hybridized carbons (Fsp3) is 0.467. The zero-order valence-corrected chi connectivity index (χ0v) is 12.1. The van der Waals surface area contributed by atoms with Crippen LogP contribution in [0.1, 0.15) is 31.2 Å². The van der Waals surface area contributed by atoms with Gasteiger partial charge in [-0.05, 0) is 43.5 Å². The van der Waals surface area contributed by atoms with Crippen molar-refractivity contribution in [1.29, 1.82) is 0 Å². The Hall–Kier alpha value is -1.55. The van der Waals surface area contributed by atoms with E-state index in [9.17, 15) is 14.7 Å². The van der Waals surface area contributed by atoms with Gasteiger partial charge in [-0.2, -0.15) is 0 Å². The Kier molecular flexibility index (Phi) is 4.65. The molecule has 0 saturated heterocycles. The van der Waals surface area contributed by atoms with Gasteiger partial charge in [0.05, 0.1) is 11.8 Å². The van der Waals surface area contributed by atoms with E-state index in [2.05, 4.69) is 5.32 Å². The molecule has 5 heteroatoms. The van der Waals surface area contributed by atoms with Crippen molar-refractivity contribution >= 4 is 29.2 Å². The first kappa shape index (κ1) is 14.9. The molecule has 4 nitrogen and oxygen atoms in total. The molecule has 1 saturated carbocycles. The first-order valence-electron chi connectivity index (χ1n) is 6.79. The molecule has 1 fully saturated rings. The van der Waals surface area contributed by atoms with E-state index in [1.807, 2.05) is 6.92 Å². The van der Waals surface area contributed by atoms with E-state index in [4.69, 9.17) is 11.6 Å².